The van der Waals surface area contributed by atoms with Gasteiger partial charge in [-0.05, 0) is 119 Å². The molecule has 0 aromatic heterocycles. The van der Waals surface area contributed by atoms with Gasteiger partial charge in [0.15, 0.2) is 0 Å². The lowest BCUT2D eigenvalue weighted by Gasteiger charge is -2.30. The highest BCUT2D eigenvalue weighted by Crippen LogP contribution is 2.38. The summed E-state index contributed by atoms with van der Waals surface area (Å²) in [6, 6.07) is 27.6. The van der Waals surface area contributed by atoms with Crippen molar-refractivity contribution < 1.29 is 9.13 Å². The van der Waals surface area contributed by atoms with E-state index >= 15 is 4.39 Å². The number of halogens is 1. The van der Waals surface area contributed by atoms with Gasteiger partial charge in [0.25, 0.3) is 0 Å². The van der Waals surface area contributed by atoms with Crippen LogP contribution in [0, 0.1) is 17.2 Å². The predicted octanol–water partition coefficient (Wildman–Crippen LogP) is 12.8. The highest BCUT2D eigenvalue weighted by atomic mass is 19.1. The average Bonchev–Trinajstić information content (AvgIpc) is 3.09. The maximum Gasteiger partial charge on any atom is 0.131 e. The van der Waals surface area contributed by atoms with Crippen molar-refractivity contribution in [1.29, 1.82) is 0 Å². The molecule has 0 radical (unpaired) electrons. The summed E-state index contributed by atoms with van der Waals surface area (Å²) in [5.41, 5.74) is 10.1. The first-order chi connectivity index (χ1) is 21.8. The molecule has 4 aromatic carbocycles. The molecule has 238 valence electrons. The minimum absolute atomic E-state index is 0.176. The number of hydrogen-bond donors (Lipinski definition) is 0. The Labute approximate surface area is 272 Å². The van der Waals surface area contributed by atoms with Crippen LogP contribution in [0.5, 0.6) is 5.75 Å². The fraction of sp³-hybridized carbons (Fsp3) is 0.442. The van der Waals surface area contributed by atoms with E-state index in [0.717, 1.165) is 67.1 Å². The Morgan fingerprint density at radius 1 is 0.622 bits per heavy atom. The second-order valence-electron chi connectivity index (χ2n) is 13.5. The second kappa shape index (κ2) is 14.8. The lowest BCUT2D eigenvalue weighted by molar-refractivity contribution is 0.127. The Kier molecular flexibility index (Phi) is 10.9. The van der Waals surface area contributed by atoms with Gasteiger partial charge in [-0.3, -0.25) is 0 Å². The van der Waals surface area contributed by atoms with E-state index in [9.17, 15) is 0 Å². The van der Waals surface area contributed by atoms with Crippen molar-refractivity contribution >= 4 is 0 Å². The molecule has 0 aliphatic heterocycles. The minimum Gasteiger partial charge on any atom is -0.493 e. The van der Waals surface area contributed by atoms with E-state index in [1.807, 2.05) is 6.07 Å². The third kappa shape index (κ3) is 7.37. The number of hydrogen-bond acceptors (Lipinski definition) is 1. The zero-order valence-corrected chi connectivity index (χ0v) is 28.5. The first-order valence-electron chi connectivity index (χ1n) is 17.6. The van der Waals surface area contributed by atoms with Crippen LogP contribution in [0.2, 0.25) is 0 Å². The third-order valence-corrected chi connectivity index (χ3v) is 11.0. The molecule has 0 unspecified atom stereocenters. The molecular weight excluding hydrogens is 551 g/mol. The Hall–Kier alpha value is -3.39. The van der Waals surface area contributed by atoms with E-state index in [1.165, 1.54) is 53.5 Å². The van der Waals surface area contributed by atoms with Gasteiger partial charge in [-0.1, -0.05) is 115 Å². The molecule has 1 nitrogen and oxygen atoms in total. The molecule has 0 N–H and O–H groups in total. The van der Waals surface area contributed by atoms with Gasteiger partial charge in [-0.2, -0.15) is 0 Å². The molecule has 5 rings (SSSR count). The van der Waals surface area contributed by atoms with Gasteiger partial charge in [-0.25, -0.2) is 4.39 Å². The van der Waals surface area contributed by atoms with Gasteiger partial charge < -0.3 is 4.74 Å². The van der Waals surface area contributed by atoms with E-state index in [2.05, 4.69) is 108 Å². The molecule has 45 heavy (non-hydrogen) atoms. The van der Waals surface area contributed by atoms with Crippen LogP contribution in [0.15, 0.2) is 78.9 Å². The number of rotatable bonds is 12. The van der Waals surface area contributed by atoms with Crippen molar-refractivity contribution in [2.24, 2.45) is 11.3 Å². The van der Waals surface area contributed by atoms with Crippen molar-refractivity contribution in [1.82, 2.24) is 0 Å². The molecule has 0 spiro atoms. The zero-order chi connectivity index (χ0) is 32.0. The molecular formula is C43H53FO. The summed E-state index contributed by atoms with van der Waals surface area (Å²) < 4.78 is 22.1. The monoisotopic (exact) mass is 604 g/mol. The van der Waals surface area contributed by atoms with E-state index in [4.69, 9.17) is 4.74 Å². The van der Waals surface area contributed by atoms with E-state index in [1.54, 1.807) is 6.07 Å². The highest BCUT2D eigenvalue weighted by Gasteiger charge is 2.25. The molecule has 4 aromatic rings. The Morgan fingerprint density at radius 2 is 1.18 bits per heavy atom. The largest absolute Gasteiger partial charge is 0.493 e. The zero-order valence-electron chi connectivity index (χ0n) is 28.5. The van der Waals surface area contributed by atoms with Crippen molar-refractivity contribution in [3.8, 4) is 39.1 Å². The van der Waals surface area contributed by atoms with Gasteiger partial charge in [0, 0.05) is 11.0 Å². The summed E-state index contributed by atoms with van der Waals surface area (Å²) in [5.74, 6) is 2.34. The molecule has 1 saturated carbocycles. The van der Waals surface area contributed by atoms with Crippen LogP contribution < -0.4 is 4.74 Å². The van der Waals surface area contributed by atoms with Gasteiger partial charge in [-0.15, -0.1) is 0 Å². The first kappa shape index (κ1) is 33.0. The molecule has 0 heterocycles. The predicted molar refractivity (Wildman–Crippen MR) is 191 cm³/mol. The molecule has 1 aliphatic rings. The fourth-order valence-corrected chi connectivity index (χ4v) is 7.26. The van der Waals surface area contributed by atoms with Crippen LogP contribution in [0.4, 0.5) is 4.39 Å². The van der Waals surface area contributed by atoms with Gasteiger partial charge in [0.1, 0.15) is 11.6 Å². The van der Waals surface area contributed by atoms with Crippen molar-refractivity contribution in [3.63, 3.8) is 0 Å². The second-order valence-corrected chi connectivity index (χ2v) is 13.5. The standard InChI is InChI=1S/C43H53FO/c1-7-31-26-38(21-23-39(31)37-22-25-42(32(8-2)27-37)45-29-43(9-3,10-4)11-5)40-24-20-36(28-41(40)44)35-18-16-34(17-19-35)33-14-12-30(6)13-15-33/h16-28,30,33H,7-15,29H2,1-6H3. The summed E-state index contributed by atoms with van der Waals surface area (Å²) in [4.78, 5) is 0. The Morgan fingerprint density at radius 3 is 1.80 bits per heavy atom. The van der Waals surface area contributed by atoms with Crippen LogP contribution in [-0.4, -0.2) is 6.61 Å². The third-order valence-electron chi connectivity index (χ3n) is 11.0. The summed E-state index contributed by atoms with van der Waals surface area (Å²) in [6.07, 6.45) is 10.4. The molecule has 0 amide bonds. The molecule has 1 aliphatic carbocycles. The van der Waals surface area contributed by atoms with Crippen LogP contribution in [0.1, 0.15) is 109 Å². The Balaban J connectivity index is 1.35. The van der Waals surface area contributed by atoms with E-state index < -0.39 is 0 Å². The first-order valence-corrected chi connectivity index (χ1v) is 17.6. The van der Waals surface area contributed by atoms with Crippen LogP contribution >= 0.6 is 0 Å². The van der Waals surface area contributed by atoms with Crippen molar-refractivity contribution in [2.45, 2.75) is 105 Å². The van der Waals surface area contributed by atoms with Crippen LogP contribution in [-0.2, 0) is 12.8 Å². The summed E-state index contributed by atoms with van der Waals surface area (Å²) in [5, 5.41) is 0. The topological polar surface area (TPSA) is 9.23 Å². The van der Waals surface area contributed by atoms with Crippen molar-refractivity contribution in [3.05, 3.63) is 101 Å². The lowest BCUT2D eigenvalue weighted by atomic mass is 9.79. The molecule has 0 bridgehead atoms. The van der Waals surface area contributed by atoms with Crippen LogP contribution in [0.25, 0.3) is 33.4 Å². The number of aryl methyl sites for hydroxylation is 2. The normalized spacial score (nSPS) is 17.0. The fourth-order valence-electron chi connectivity index (χ4n) is 7.26. The maximum atomic E-state index is 15.6. The summed E-state index contributed by atoms with van der Waals surface area (Å²) in [7, 11) is 0. The quantitative estimate of drug-likeness (QED) is 0.156. The van der Waals surface area contributed by atoms with Gasteiger partial charge in [0.2, 0.25) is 0 Å². The lowest BCUT2D eigenvalue weighted by Crippen LogP contribution is -2.26. The van der Waals surface area contributed by atoms with E-state index in [0.29, 0.717) is 11.5 Å². The molecule has 0 saturated heterocycles. The summed E-state index contributed by atoms with van der Waals surface area (Å²) in [6.45, 7) is 14.3. The number of benzene rings is 4. The average molecular weight is 605 g/mol. The molecule has 2 heteroatoms. The van der Waals surface area contributed by atoms with Crippen LogP contribution in [0.3, 0.4) is 0 Å². The highest BCUT2D eigenvalue weighted by molar-refractivity contribution is 5.76. The minimum atomic E-state index is -0.176. The Bertz CT molecular complexity index is 1550. The molecule has 1 fully saturated rings. The number of ether oxygens (including phenoxy) is 1. The molecule has 0 atom stereocenters. The maximum absolute atomic E-state index is 15.6. The summed E-state index contributed by atoms with van der Waals surface area (Å²) >= 11 is 0. The van der Waals surface area contributed by atoms with Crippen molar-refractivity contribution in [2.75, 3.05) is 6.61 Å². The van der Waals surface area contributed by atoms with Gasteiger partial charge in [0.05, 0.1) is 6.61 Å². The van der Waals surface area contributed by atoms with E-state index in [-0.39, 0.29) is 11.2 Å². The van der Waals surface area contributed by atoms with Gasteiger partial charge >= 0.3 is 0 Å². The SMILES string of the molecule is CCc1cc(-c2ccc(-c3ccc(-c4ccc(C5CCC(C)CC5)cc4)cc3F)cc2CC)ccc1OCC(CC)(CC)CC. The smallest absolute Gasteiger partial charge is 0.131 e.